The number of Topliss-reactive ketones (excluding diaryl/α,β-unsaturated/α-hetero) is 1. The third-order valence-corrected chi connectivity index (χ3v) is 3.57. The van der Waals surface area contributed by atoms with E-state index in [0.717, 1.165) is 29.9 Å². The van der Waals surface area contributed by atoms with Crippen molar-refractivity contribution in [3.63, 3.8) is 0 Å². The lowest BCUT2D eigenvalue weighted by Gasteiger charge is -2.19. The Labute approximate surface area is 124 Å². The van der Waals surface area contributed by atoms with Crippen LogP contribution >= 0.6 is 0 Å². The molecule has 0 atom stereocenters. The first kappa shape index (κ1) is 13.7. The van der Waals surface area contributed by atoms with Crippen LogP contribution < -0.4 is 9.47 Å². The van der Waals surface area contributed by atoms with Gasteiger partial charge in [-0.25, -0.2) is 0 Å². The quantitative estimate of drug-likeness (QED) is 0.785. The fourth-order valence-electron chi connectivity index (χ4n) is 2.52. The van der Waals surface area contributed by atoms with Crippen LogP contribution in [0, 0.1) is 0 Å². The number of para-hydroxylation sites is 2. The van der Waals surface area contributed by atoms with Gasteiger partial charge < -0.3 is 9.47 Å². The van der Waals surface area contributed by atoms with Crippen LogP contribution in [0.15, 0.2) is 48.5 Å². The molecule has 0 saturated heterocycles. The molecule has 0 aromatic heterocycles. The third-order valence-electron chi connectivity index (χ3n) is 3.57. The second-order valence-electron chi connectivity index (χ2n) is 5.08. The molecular formula is C18H18O3. The van der Waals surface area contributed by atoms with Crippen LogP contribution in [0.25, 0.3) is 0 Å². The van der Waals surface area contributed by atoms with E-state index in [4.69, 9.17) is 9.47 Å². The van der Waals surface area contributed by atoms with E-state index in [-0.39, 0.29) is 5.78 Å². The van der Waals surface area contributed by atoms with Gasteiger partial charge in [-0.05, 0) is 36.6 Å². The summed E-state index contributed by atoms with van der Waals surface area (Å²) >= 11 is 0. The predicted octanol–water partition coefficient (Wildman–Crippen LogP) is 3.66. The summed E-state index contributed by atoms with van der Waals surface area (Å²) in [6.07, 6.45) is 2.35. The minimum absolute atomic E-state index is 0.0738. The molecule has 0 radical (unpaired) electrons. The molecular weight excluding hydrogens is 264 g/mol. The van der Waals surface area contributed by atoms with Gasteiger partial charge in [-0.15, -0.1) is 0 Å². The highest BCUT2D eigenvalue weighted by Crippen LogP contribution is 2.29. The Hall–Kier alpha value is -2.29. The van der Waals surface area contributed by atoms with Gasteiger partial charge in [-0.1, -0.05) is 30.3 Å². The molecule has 2 aromatic carbocycles. The first-order valence-electron chi connectivity index (χ1n) is 7.30. The highest BCUT2D eigenvalue weighted by atomic mass is 16.5. The highest BCUT2D eigenvalue weighted by molar-refractivity contribution is 5.99. The number of aryl methyl sites for hydroxylation is 1. The molecule has 0 saturated carbocycles. The average Bonchev–Trinajstić information content (AvgIpc) is 2.55. The molecule has 1 heterocycles. The Balaban J connectivity index is 1.63. The van der Waals surface area contributed by atoms with E-state index < -0.39 is 0 Å². The van der Waals surface area contributed by atoms with Crippen molar-refractivity contribution in [3.05, 3.63) is 59.7 Å². The number of benzene rings is 2. The van der Waals surface area contributed by atoms with Gasteiger partial charge in [0.25, 0.3) is 0 Å². The number of carbonyl (C=O) groups is 1. The monoisotopic (exact) mass is 282 g/mol. The summed E-state index contributed by atoms with van der Waals surface area (Å²) < 4.78 is 11.3. The van der Waals surface area contributed by atoms with Crippen molar-refractivity contribution in [1.29, 1.82) is 0 Å². The van der Waals surface area contributed by atoms with Crippen LogP contribution in [0.1, 0.15) is 28.8 Å². The summed E-state index contributed by atoms with van der Waals surface area (Å²) in [5.41, 5.74) is 1.82. The van der Waals surface area contributed by atoms with E-state index in [0.29, 0.717) is 25.2 Å². The number of rotatable bonds is 5. The van der Waals surface area contributed by atoms with Gasteiger partial charge in [0.05, 0.1) is 18.8 Å². The van der Waals surface area contributed by atoms with Gasteiger partial charge in [0.15, 0.2) is 5.78 Å². The van der Waals surface area contributed by atoms with Crippen molar-refractivity contribution in [3.8, 4) is 11.5 Å². The summed E-state index contributed by atoms with van der Waals surface area (Å²) in [5, 5.41) is 0. The summed E-state index contributed by atoms with van der Waals surface area (Å²) in [6, 6.07) is 15.3. The summed E-state index contributed by atoms with van der Waals surface area (Å²) in [7, 11) is 0. The van der Waals surface area contributed by atoms with Crippen molar-refractivity contribution >= 4 is 5.78 Å². The number of fused-ring (bicyclic) bond motifs is 1. The molecule has 1 aliphatic heterocycles. The molecule has 3 nitrogen and oxygen atoms in total. The van der Waals surface area contributed by atoms with Crippen LogP contribution in [-0.4, -0.2) is 19.0 Å². The minimum atomic E-state index is 0.0738. The van der Waals surface area contributed by atoms with Crippen LogP contribution in [0.2, 0.25) is 0 Å². The average molecular weight is 282 g/mol. The topological polar surface area (TPSA) is 35.5 Å². The van der Waals surface area contributed by atoms with Crippen LogP contribution in [0.5, 0.6) is 11.5 Å². The van der Waals surface area contributed by atoms with E-state index in [1.54, 1.807) is 0 Å². The van der Waals surface area contributed by atoms with Crippen molar-refractivity contribution < 1.29 is 14.3 Å². The van der Waals surface area contributed by atoms with Crippen LogP contribution in [0.3, 0.4) is 0 Å². The smallest absolute Gasteiger partial charge is 0.170 e. The molecule has 0 N–H and O–H groups in total. The Morgan fingerprint density at radius 3 is 2.81 bits per heavy atom. The van der Waals surface area contributed by atoms with Crippen molar-refractivity contribution in [2.75, 3.05) is 13.2 Å². The SMILES string of the molecule is O=C(CCOc1ccccc1)c1cccc2c1OCCC2. The molecule has 3 heteroatoms. The minimum Gasteiger partial charge on any atom is -0.493 e. The number of ketones is 1. The Bertz CT molecular complexity index is 620. The van der Waals surface area contributed by atoms with E-state index in [1.807, 2.05) is 48.5 Å². The molecule has 0 bridgehead atoms. The van der Waals surface area contributed by atoms with Gasteiger partial charge >= 0.3 is 0 Å². The molecule has 21 heavy (non-hydrogen) atoms. The molecule has 0 aliphatic carbocycles. The lowest BCUT2D eigenvalue weighted by Crippen LogP contribution is -2.14. The highest BCUT2D eigenvalue weighted by Gasteiger charge is 2.18. The molecule has 0 unspecified atom stereocenters. The fraction of sp³-hybridized carbons (Fsp3) is 0.278. The number of ether oxygens (including phenoxy) is 2. The number of hydrogen-bond donors (Lipinski definition) is 0. The molecule has 0 fully saturated rings. The zero-order valence-corrected chi connectivity index (χ0v) is 11.9. The van der Waals surface area contributed by atoms with Gasteiger partial charge in [-0.2, -0.15) is 0 Å². The molecule has 0 amide bonds. The van der Waals surface area contributed by atoms with Crippen molar-refractivity contribution in [2.45, 2.75) is 19.3 Å². The van der Waals surface area contributed by atoms with Gasteiger partial charge in [0.1, 0.15) is 11.5 Å². The summed E-state index contributed by atoms with van der Waals surface area (Å²) in [6.45, 7) is 1.07. The fourth-order valence-corrected chi connectivity index (χ4v) is 2.52. The second-order valence-corrected chi connectivity index (χ2v) is 5.08. The summed E-state index contributed by atoms with van der Waals surface area (Å²) in [5.74, 6) is 1.63. The maximum absolute atomic E-state index is 12.3. The first-order chi connectivity index (χ1) is 10.3. The molecule has 2 aromatic rings. The van der Waals surface area contributed by atoms with Gasteiger partial charge in [-0.3, -0.25) is 4.79 Å². The van der Waals surface area contributed by atoms with Gasteiger partial charge in [0.2, 0.25) is 0 Å². The molecule has 3 rings (SSSR count). The zero-order chi connectivity index (χ0) is 14.5. The Kier molecular flexibility index (Phi) is 4.20. The van der Waals surface area contributed by atoms with E-state index in [2.05, 4.69) is 0 Å². The van der Waals surface area contributed by atoms with Crippen molar-refractivity contribution in [1.82, 2.24) is 0 Å². The van der Waals surface area contributed by atoms with E-state index >= 15 is 0 Å². The van der Waals surface area contributed by atoms with Crippen LogP contribution in [0.4, 0.5) is 0 Å². The molecule has 108 valence electrons. The number of carbonyl (C=O) groups excluding carboxylic acids is 1. The van der Waals surface area contributed by atoms with E-state index in [9.17, 15) is 4.79 Å². The lowest BCUT2D eigenvalue weighted by atomic mass is 9.99. The Morgan fingerprint density at radius 2 is 1.95 bits per heavy atom. The van der Waals surface area contributed by atoms with Crippen molar-refractivity contribution in [2.24, 2.45) is 0 Å². The maximum Gasteiger partial charge on any atom is 0.170 e. The molecule has 1 aliphatic rings. The third kappa shape index (κ3) is 3.24. The Morgan fingerprint density at radius 1 is 1.10 bits per heavy atom. The van der Waals surface area contributed by atoms with Gasteiger partial charge in [0, 0.05) is 6.42 Å². The predicted molar refractivity (Wildman–Crippen MR) is 81.1 cm³/mol. The maximum atomic E-state index is 12.3. The summed E-state index contributed by atoms with van der Waals surface area (Å²) in [4.78, 5) is 12.3. The first-order valence-corrected chi connectivity index (χ1v) is 7.30. The zero-order valence-electron chi connectivity index (χ0n) is 11.9. The standard InChI is InChI=1S/C18H18O3/c19-17(11-13-20-15-8-2-1-3-9-15)16-10-4-6-14-7-5-12-21-18(14)16/h1-4,6,8-10H,5,7,11-13H2. The largest absolute Gasteiger partial charge is 0.493 e. The van der Waals surface area contributed by atoms with E-state index in [1.165, 1.54) is 0 Å². The normalized spacial score (nSPS) is 13.1. The molecule has 0 spiro atoms. The number of hydrogen-bond acceptors (Lipinski definition) is 3. The van der Waals surface area contributed by atoms with Crippen LogP contribution in [-0.2, 0) is 6.42 Å². The second kappa shape index (κ2) is 6.44. The lowest BCUT2D eigenvalue weighted by molar-refractivity contribution is 0.0957.